The average Bonchev–Trinajstić information content (AvgIpc) is 2.27. The third-order valence-corrected chi connectivity index (χ3v) is 3.63. The van der Waals surface area contributed by atoms with Crippen molar-refractivity contribution in [3.63, 3.8) is 0 Å². The van der Waals surface area contributed by atoms with Gasteiger partial charge in [0.2, 0.25) is 0 Å². The van der Waals surface area contributed by atoms with Crippen LogP contribution in [-0.2, 0) is 9.53 Å². The Morgan fingerprint density at radius 2 is 2.24 bits per heavy atom. The van der Waals surface area contributed by atoms with Crippen LogP contribution in [0.4, 0.5) is 0 Å². The van der Waals surface area contributed by atoms with Crippen molar-refractivity contribution in [3.05, 3.63) is 0 Å². The summed E-state index contributed by atoms with van der Waals surface area (Å²) in [5.74, 6) is 0.368. The summed E-state index contributed by atoms with van der Waals surface area (Å²) < 4.78 is 4.82. The van der Waals surface area contributed by atoms with Gasteiger partial charge in [0.1, 0.15) is 5.54 Å². The molecule has 0 amide bonds. The second-order valence-electron chi connectivity index (χ2n) is 5.73. The summed E-state index contributed by atoms with van der Waals surface area (Å²) in [7, 11) is 3.53. The van der Waals surface area contributed by atoms with Gasteiger partial charge in [0, 0.05) is 12.6 Å². The fourth-order valence-corrected chi connectivity index (χ4v) is 2.77. The zero-order valence-corrected chi connectivity index (χ0v) is 11.5. The van der Waals surface area contributed by atoms with E-state index < -0.39 is 5.54 Å². The summed E-state index contributed by atoms with van der Waals surface area (Å²) in [6.07, 6.45) is 3.58. The summed E-state index contributed by atoms with van der Waals surface area (Å²) in [6.45, 7) is 5.45. The van der Waals surface area contributed by atoms with Crippen molar-refractivity contribution in [3.8, 4) is 0 Å². The number of carbonyl (C=O) groups excluding carboxylic acids is 1. The summed E-state index contributed by atoms with van der Waals surface area (Å²) in [4.78, 5) is 14.0. The maximum Gasteiger partial charge on any atom is 0.325 e. The average molecular weight is 242 g/mol. The molecule has 0 aliphatic heterocycles. The lowest BCUT2D eigenvalue weighted by atomic mass is 9.79. The molecule has 4 nitrogen and oxygen atoms in total. The van der Waals surface area contributed by atoms with Crippen molar-refractivity contribution in [1.29, 1.82) is 0 Å². The van der Waals surface area contributed by atoms with E-state index in [0.29, 0.717) is 18.4 Å². The number of rotatable bonds is 4. The number of ether oxygens (including phenoxy) is 1. The number of methoxy groups -OCH3 is 1. The largest absolute Gasteiger partial charge is 0.468 e. The molecule has 0 aromatic heterocycles. The second-order valence-corrected chi connectivity index (χ2v) is 5.73. The standard InChI is InChI=1S/C13H26N2O2/c1-10(2)9-15(3)11-6-5-7-13(14,8-11)12(16)17-4/h10-11H,5-9,14H2,1-4H3. The van der Waals surface area contributed by atoms with Crippen molar-refractivity contribution in [2.75, 3.05) is 20.7 Å². The van der Waals surface area contributed by atoms with Gasteiger partial charge in [-0.05, 0) is 38.6 Å². The van der Waals surface area contributed by atoms with E-state index >= 15 is 0 Å². The highest BCUT2D eigenvalue weighted by Gasteiger charge is 2.41. The van der Waals surface area contributed by atoms with Crippen LogP contribution in [0.15, 0.2) is 0 Å². The van der Waals surface area contributed by atoms with Gasteiger partial charge in [-0.2, -0.15) is 0 Å². The monoisotopic (exact) mass is 242 g/mol. The van der Waals surface area contributed by atoms with Crippen LogP contribution in [0.1, 0.15) is 39.5 Å². The van der Waals surface area contributed by atoms with Crippen LogP contribution in [-0.4, -0.2) is 43.2 Å². The van der Waals surface area contributed by atoms with Crippen molar-refractivity contribution in [2.24, 2.45) is 11.7 Å². The van der Waals surface area contributed by atoms with E-state index in [0.717, 1.165) is 25.8 Å². The number of nitrogens with zero attached hydrogens (tertiary/aromatic N) is 1. The van der Waals surface area contributed by atoms with Crippen LogP contribution >= 0.6 is 0 Å². The number of hydrogen-bond acceptors (Lipinski definition) is 4. The highest BCUT2D eigenvalue weighted by atomic mass is 16.5. The van der Waals surface area contributed by atoms with E-state index in [9.17, 15) is 4.79 Å². The molecular formula is C13H26N2O2. The molecule has 1 aliphatic rings. The molecule has 0 radical (unpaired) electrons. The highest BCUT2D eigenvalue weighted by molar-refractivity contribution is 5.80. The summed E-state index contributed by atoms with van der Waals surface area (Å²) in [5, 5.41) is 0. The smallest absolute Gasteiger partial charge is 0.325 e. The molecule has 0 spiro atoms. The van der Waals surface area contributed by atoms with Gasteiger partial charge in [0.15, 0.2) is 0 Å². The van der Waals surface area contributed by atoms with Crippen LogP contribution in [0.2, 0.25) is 0 Å². The molecule has 0 heterocycles. The molecule has 2 unspecified atom stereocenters. The lowest BCUT2D eigenvalue weighted by Gasteiger charge is -2.40. The zero-order chi connectivity index (χ0) is 13.1. The van der Waals surface area contributed by atoms with Crippen LogP contribution in [0.25, 0.3) is 0 Å². The van der Waals surface area contributed by atoms with Crippen molar-refractivity contribution < 1.29 is 9.53 Å². The number of hydrogen-bond donors (Lipinski definition) is 1. The van der Waals surface area contributed by atoms with Gasteiger partial charge < -0.3 is 15.4 Å². The summed E-state index contributed by atoms with van der Waals surface area (Å²) >= 11 is 0. The number of esters is 1. The first kappa shape index (κ1) is 14.5. The molecule has 0 bridgehead atoms. The normalized spacial score (nSPS) is 29.7. The fourth-order valence-electron chi connectivity index (χ4n) is 2.77. The molecule has 1 fully saturated rings. The Morgan fingerprint density at radius 1 is 1.59 bits per heavy atom. The summed E-state index contributed by atoms with van der Waals surface area (Å²) in [6, 6.07) is 0.398. The Labute approximate surface area is 104 Å². The lowest BCUT2D eigenvalue weighted by molar-refractivity contribution is -0.149. The Kier molecular flexibility index (Phi) is 4.95. The lowest BCUT2D eigenvalue weighted by Crippen LogP contribution is -2.56. The fraction of sp³-hybridized carbons (Fsp3) is 0.923. The number of nitrogens with two attached hydrogens (primary N) is 1. The van der Waals surface area contributed by atoms with Gasteiger partial charge in [-0.1, -0.05) is 13.8 Å². The van der Waals surface area contributed by atoms with Gasteiger partial charge in [-0.15, -0.1) is 0 Å². The van der Waals surface area contributed by atoms with Gasteiger partial charge >= 0.3 is 5.97 Å². The predicted octanol–water partition coefficient (Wildman–Crippen LogP) is 1.39. The first-order valence-electron chi connectivity index (χ1n) is 6.46. The van der Waals surface area contributed by atoms with Gasteiger partial charge in [-0.3, -0.25) is 4.79 Å². The molecule has 4 heteroatoms. The molecule has 0 aromatic carbocycles. The van der Waals surface area contributed by atoms with Gasteiger partial charge in [-0.25, -0.2) is 0 Å². The maximum atomic E-state index is 11.7. The quantitative estimate of drug-likeness (QED) is 0.757. The van der Waals surface area contributed by atoms with E-state index in [4.69, 9.17) is 10.5 Å². The third-order valence-electron chi connectivity index (χ3n) is 3.63. The Morgan fingerprint density at radius 3 is 2.76 bits per heavy atom. The predicted molar refractivity (Wildman–Crippen MR) is 68.7 cm³/mol. The molecular weight excluding hydrogens is 216 g/mol. The van der Waals surface area contributed by atoms with Crippen LogP contribution < -0.4 is 5.73 Å². The minimum absolute atomic E-state index is 0.264. The molecule has 1 saturated carbocycles. The molecule has 17 heavy (non-hydrogen) atoms. The van der Waals surface area contributed by atoms with E-state index in [-0.39, 0.29) is 5.97 Å². The van der Waals surface area contributed by atoms with Gasteiger partial charge in [0.05, 0.1) is 7.11 Å². The first-order chi connectivity index (χ1) is 7.89. The Bertz CT molecular complexity index is 268. The topological polar surface area (TPSA) is 55.6 Å². The Hall–Kier alpha value is -0.610. The van der Waals surface area contributed by atoms with Crippen LogP contribution in [0.3, 0.4) is 0 Å². The van der Waals surface area contributed by atoms with Crippen molar-refractivity contribution >= 4 is 5.97 Å². The van der Waals surface area contributed by atoms with Crippen LogP contribution in [0.5, 0.6) is 0 Å². The first-order valence-corrected chi connectivity index (χ1v) is 6.46. The minimum Gasteiger partial charge on any atom is -0.468 e. The Balaban J connectivity index is 2.62. The van der Waals surface area contributed by atoms with E-state index in [1.807, 2.05) is 0 Å². The third kappa shape index (κ3) is 3.68. The van der Waals surface area contributed by atoms with E-state index in [1.54, 1.807) is 0 Å². The minimum atomic E-state index is -0.775. The molecule has 100 valence electrons. The molecule has 0 saturated heterocycles. The highest BCUT2D eigenvalue weighted by Crippen LogP contribution is 2.30. The molecule has 2 N–H and O–H groups in total. The van der Waals surface area contributed by atoms with E-state index in [1.165, 1.54) is 7.11 Å². The molecule has 1 aliphatic carbocycles. The van der Waals surface area contributed by atoms with E-state index in [2.05, 4.69) is 25.8 Å². The summed E-state index contributed by atoms with van der Waals surface area (Å²) in [5.41, 5.74) is 5.40. The van der Waals surface area contributed by atoms with Crippen molar-refractivity contribution in [2.45, 2.75) is 51.1 Å². The molecule has 0 aromatic rings. The zero-order valence-electron chi connectivity index (χ0n) is 11.5. The second kappa shape index (κ2) is 5.83. The van der Waals surface area contributed by atoms with Crippen molar-refractivity contribution in [1.82, 2.24) is 4.90 Å². The SMILES string of the molecule is COC(=O)C1(N)CCCC(N(C)CC(C)C)C1. The maximum absolute atomic E-state index is 11.7. The number of carbonyl (C=O) groups is 1. The molecule has 2 atom stereocenters. The van der Waals surface area contributed by atoms with Crippen LogP contribution in [0, 0.1) is 5.92 Å². The molecule has 1 rings (SSSR count). The van der Waals surface area contributed by atoms with Gasteiger partial charge in [0.25, 0.3) is 0 Å².